The number of imidazole rings is 1. The number of benzene rings is 2. The Morgan fingerprint density at radius 1 is 1.11 bits per heavy atom. The highest BCUT2D eigenvalue weighted by atomic mass is 16.5. The molecule has 0 spiro atoms. The van der Waals surface area contributed by atoms with Crippen molar-refractivity contribution in [2.24, 2.45) is 0 Å². The molecule has 0 fully saturated rings. The van der Waals surface area contributed by atoms with Crippen LogP contribution in [0.2, 0.25) is 0 Å². The first-order valence-corrected chi connectivity index (χ1v) is 8.86. The van der Waals surface area contributed by atoms with Crippen LogP contribution < -0.4 is 4.74 Å². The van der Waals surface area contributed by atoms with Crippen LogP contribution in [0, 0.1) is 6.92 Å². The number of carbonyl (C=O) groups is 1. The van der Waals surface area contributed by atoms with Crippen LogP contribution in [0.25, 0.3) is 22.3 Å². The molecule has 2 heterocycles. The van der Waals surface area contributed by atoms with Crippen LogP contribution in [0.1, 0.15) is 21.5 Å². The van der Waals surface area contributed by atoms with E-state index in [1.165, 1.54) is 0 Å². The van der Waals surface area contributed by atoms with Crippen molar-refractivity contribution in [2.45, 2.75) is 13.5 Å². The average Bonchev–Trinajstić information content (AvgIpc) is 3.07. The van der Waals surface area contributed by atoms with Crippen LogP contribution >= 0.6 is 0 Å². The average molecular weight is 373 g/mol. The lowest BCUT2D eigenvalue weighted by atomic mass is 9.99. The summed E-state index contributed by atoms with van der Waals surface area (Å²) in [7, 11) is 1.60. The van der Waals surface area contributed by atoms with Crippen LogP contribution in [-0.4, -0.2) is 32.7 Å². The van der Waals surface area contributed by atoms with Crippen molar-refractivity contribution >= 4 is 17.1 Å². The smallest absolute Gasteiger partial charge is 0.336 e. The minimum absolute atomic E-state index is 0.289. The molecule has 0 saturated heterocycles. The van der Waals surface area contributed by atoms with Crippen LogP contribution in [0.15, 0.2) is 60.8 Å². The SMILES string of the molecule is COc1nc2c(C)ccnc2n1Cc1ccc(-c2ccccc2C(=O)O)cc1. The molecular formula is C22H19N3O3. The molecule has 2 aromatic heterocycles. The summed E-state index contributed by atoms with van der Waals surface area (Å²) in [5.41, 5.74) is 5.53. The van der Waals surface area contributed by atoms with E-state index in [1.54, 1.807) is 25.4 Å². The number of carboxylic acids is 1. The van der Waals surface area contributed by atoms with Gasteiger partial charge in [-0.25, -0.2) is 9.78 Å². The number of methoxy groups -OCH3 is 1. The van der Waals surface area contributed by atoms with E-state index in [-0.39, 0.29) is 5.56 Å². The van der Waals surface area contributed by atoms with Crippen molar-refractivity contribution in [3.8, 4) is 17.1 Å². The Bertz CT molecular complexity index is 1160. The zero-order valence-electron chi connectivity index (χ0n) is 15.6. The zero-order valence-corrected chi connectivity index (χ0v) is 15.6. The molecule has 0 saturated carbocycles. The van der Waals surface area contributed by atoms with Crippen molar-refractivity contribution in [1.82, 2.24) is 14.5 Å². The Labute approximate surface area is 162 Å². The molecule has 2 aromatic carbocycles. The van der Waals surface area contributed by atoms with Gasteiger partial charge in [-0.05, 0) is 41.3 Å². The number of hydrogen-bond acceptors (Lipinski definition) is 4. The molecule has 0 amide bonds. The number of aryl methyl sites for hydroxylation is 1. The van der Waals surface area contributed by atoms with E-state index in [0.717, 1.165) is 27.9 Å². The highest BCUT2D eigenvalue weighted by Crippen LogP contribution is 2.26. The van der Waals surface area contributed by atoms with Crippen molar-refractivity contribution in [3.63, 3.8) is 0 Å². The summed E-state index contributed by atoms with van der Waals surface area (Å²) >= 11 is 0. The molecule has 0 atom stereocenters. The van der Waals surface area contributed by atoms with Crippen molar-refractivity contribution in [1.29, 1.82) is 0 Å². The second-order valence-corrected chi connectivity index (χ2v) is 6.53. The minimum Gasteiger partial charge on any atom is -0.478 e. The Morgan fingerprint density at radius 3 is 2.57 bits per heavy atom. The van der Waals surface area contributed by atoms with Crippen molar-refractivity contribution in [3.05, 3.63) is 77.5 Å². The molecule has 140 valence electrons. The lowest BCUT2D eigenvalue weighted by Crippen LogP contribution is -2.04. The fraction of sp³-hybridized carbons (Fsp3) is 0.136. The van der Waals surface area contributed by atoms with Gasteiger partial charge in [0, 0.05) is 6.20 Å². The van der Waals surface area contributed by atoms with Gasteiger partial charge in [0.25, 0.3) is 6.01 Å². The maximum atomic E-state index is 11.5. The summed E-state index contributed by atoms with van der Waals surface area (Å²) < 4.78 is 7.37. The maximum absolute atomic E-state index is 11.5. The Balaban J connectivity index is 1.69. The molecule has 28 heavy (non-hydrogen) atoms. The van der Waals surface area contributed by atoms with Crippen LogP contribution in [-0.2, 0) is 6.54 Å². The topological polar surface area (TPSA) is 77.2 Å². The maximum Gasteiger partial charge on any atom is 0.336 e. The second-order valence-electron chi connectivity index (χ2n) is 6.53. The predicted octanol–water partition coefficient (Wildman–Crippen LogP) is 4.16. The lowest BCUT2D eigenvalue weighted by molar-refractivity contribution is 0.0697. The summed E-state index contributed by atoms with van der Waals surface area (Å²) in [6.45, 7) is 2.55. The van der Waals surface area contributed by atoms with E-state index in [1.807, 2.05) is 54.0 Å². The molecule has 0 unspecified atom stereocenters. The van der Waals surface area contributed by atoms with E-state index >= 15 is 0 Å². The van der Waals surface area contributed by atoms with Gasteiger partial charge in [0.1, 0.15) is 5.52 Å². The molecular weight excluding hydrogens is 354 g/mol. The number of carboxylic acid groups (broad SMARTS) is 1. The second kappa shape index (κ2) is 7.15. The summed E-state index contributed by atoms with van der Waals surface area (Å²) in [5.74, 6) is -0.934. The fourth-order valence-electron chi connectivity index (χ4n) is 3.31. The Hall–Kier alpha value is -3.67. The van der Waals surface area contributed by atoms with Gasteiger partial charge in [-0.1, -0.05) is 42.5 Å². The summed E-state index contributed by atoms with van der Waals surface area (Å²) in [5, 5.41) is 9.40. The fourth-order valence-corrected chi connectivity index (χ4v) is 3.31. The van der Waals surface area contributed by atoms with Gasteiger partial charge < -0.3 is 9.84 Å². The number of nitrogens with zero attached hydrogens (tertiary/aromatic N) is 3. The van der Waals surface area contributed by atoms with Gasteiger partial charge in [-0.15, -0.1) is 0 Å². The summed E-state index contributed by atoms with van der Waals surface area (Å²) in [4.78, 5) is 20.5. The molecule has 6 heteroatoms. The molecule has 0 aliphatic heterocycles. The van der Waals surface area contributed by atoms with E-state index in [2.05, 4.69) is 9.97 Å². The van der Waals surface area contributed by atoms with Gasteiger partial charge >= 0.3 is 5.97 Å². The monoisotopic (exact) mass is 373 g/mol. The zero-order chi connectivity index (χ0) is 19.7. The number of ether oxygens (including phenoxy) is 1. The predicted molar refractivity (Wildman–Crippen MR) is 107 cm³/mol. The molecule has 0 radical (unpaired) electrons. The van der Waals surface area contributed by atoms with Gasteiger partial charge in [0.2, 0.25) is 0 Å². The third-order valence-electron chi connectivity index (χ3n) is 4.75. The van der Waals surface area contributed by atoms with Crippen LogP contribution in [0.3, 0.4) is 0 Å². The number of aromatic nitrogens is 3. The van der Waals surface area contributed by atoms with Gasteiger partial charge in [0.05, 0.1) is 19.2 Å². The van der Waals surface area contributed by atoms with E-state index < -0.39 is 5.97 Å². The molecule has 1 N–H and O–H groups in total. The Kier molecular flexibility index (Phi) is 4.53. The molecule has 6 nitrogen and oxygen atoms in total. The quantitative estimate of drug-likeness (QED) is 0.568. The summed E-state index contributed by atoms with van der Waals surface area (Å²) in [6, 6.07) is 17.3. The summed E-state index contributed by atoms with van der Waals surface area (Å²) in [6.07, 6.45) is 1.77. The highest BCUT2D eigenvalue weighted by Gasteiger charge is 2.15. The standard InChI is InChI=1S/C22H19N3O3/c1-14-11-12-23-20-19(14)24-22(28-2)25(20)13-15-7-9-16(10-8-15)17-5-3-4-6-18(17)21(26)27/h3-12H,13H2,1-2H3,(H,26,27). The third kappa shape index (κ3) is 3.09. The first-order valence-electron chi connectivity index (χ1n) is 8.86. The van der Waals surface area contributed by atoms with Gasteiger partial charge in [-0.2, -0.15) is 4.98 Å². The van der Waals surface area contributed by atoms with Gasteiger partial charge in [0.15, 0.2) is 5.65 Å². The number of pyridine rings is 1. The van der Waals surface area contributed by atoms with E-state index in [9.17, 15) is 9.90 Å². The lowest BCUT2D eigenvalue weighted by Gasteiger charge is -2.10. The van der Waals surface area contributed by atoms with E-state index in [0.29, 0.717) is 18.1 Å². The Morgan fingerprint density at radius 2 is 1.86 bits per heavy atom. The van der Waals surface area contributed by atoms with Gasteiger partial charge in [-0.3, -0.25) is 4.57 Å². The molecule has 4 rings (SSSR count). The molecule has 4 aromatic rings. The first kappa shape index (κ1) is 17.7. The van der Waals surface area contributed by atoms with Crippen molar-refractivity contribution in [2.75, 3.05) is 7.11 Å². The first-order chi connectivity index (χ1) is 13.6. The number of fused-ring (bicyclic) bond motifs is 1. The number of aromatic carboxylic acids is 1. The minimum atomic E-state index is -0.934. The number of rotatable bonds is 5. The number of hydrogen-bond donors (Lipinski definition) is 1. The van der Waals surface area contributed by atoms with E-state index in [4.69, 9.17) is 4.74 Å². The molecule has 0 bridgehead atoms. The normalized spacial score (nSPS) is 10.9. The third-order valence-corrected chi connectivity index (χ3v) is 4.75. The molecule has 0 aliphatic rings. The largest absolute Gasteiger partial charge is 0.478 e. The van der Waals surface area contributed by atoms with Crippen LogP contribution in [0.4, 0.5) is 0 Å². The highest BCUT2D eigenvalue weighted by molar-refractivity contribution is 5.96. The van der Waals surface area contributed by atoms with Crippen molar-refractivity contribution < 1.29 is 14.6 Å². The van der Waals surface area contributed by atoms with Crippen LogP contribution in [0.5, 0.6) is 6.01 Å². The molecule has 0 aliphatic carbocycles.